The number of amides is 1. The van der Waals surface area contributed by atoms with Crippen molar-refractivity contribution in [1.29, 1.82) is 0 Å². The van der Waals surface area contributed by atoms with Gasteiger partial charge in [-0.05, 0) is 73.8 Å². The van der Waals surface area contributed by atoms with Crippen LogP contribution >= 0.6 is 0 Å². The molecule has 0 aliphatic carbocycles. The molecule has 1 aliphatic heterocycles. The van der Waals surface area contributed by atoms with Gasteiger partial charge in [0.2, 0.25) is 5.91 Å². The smallest absolute Gasteiger partial charge is 0.221 e. The summed E-state index contributed by atoms with van der Waals surface area (Å²) in [5.74, 6) is 0.200. The maximum absolute atomic E-state index is 13.3. The predicted molar refractivity (Wildman–Crippen MR) is 100 cm³/mol. The third-order valence-corrected chi connectivity index (χ3v) is 5.18. The number of likely N-dealkylation sites (tertiary alicyclic amines) is 1. The van der Waals surface area contributed by atoms with Crippen LogP contribution in [-0.2, 0) is 4.79 Å². The molecule has 1 N–H and O–H groups in total. The maximum Gasteiger partial charge on any atom is 0.221 e. The van der Waals surface area contributed by atoms with Gasteiger partial charge in [0.05, 0.1) is 6.04 Å². The van der Waals surface area contributed by atoms with Gasteiger partial charge in [0, 0.05) is 18.8 Å². The normalized spacial score (nSPS) is 17.0. The van der Waals surface area contributed by atoms with Crippen molar-refractivity contribution in [2.24, 2.45) is 5.92 Å². The molecule has 1 atom stereocenters. The van der Waals surface area contributed by atoms with Crippen molar-refractivity contribution in [3.05, 3.63) is 65.7 Å². The Balaban J connectivity index is 1.68. The number of nitrogens with zero attached hydrogens (tertiary/aromatic N) is 2. The van der Waals surface area contributed by atoms with Crippen LogP contribution in [0.5, 0.6) is 0 Å². The number of nitrogens with one attached hydrogen (secondary N) is 1. The fraction of sp³-hybridized carbons (Fsp3) is 0.429. The van der Waals surface area contributed by atoms with E-state index in [0.717, 1.165) is 43.6 Å². The van der Waals surface area contributed by atoms with Crippen LogP contribution in [-0.4, -0.2) is 35.4 Å². The minimum Gasteiger partial charge on any atom is -0.345 e. The molecule has 4 nitrogen and oxygen atoms in total. The number of carbonyl (C=O) groups is 1. The first-order chi connectivity index (χ1) is 12.7. The van der Waals surface area contributed by atoms with Gasteiger partial charge in [-0.25, -0.2) is 4.39 Å². The zero-order valence-corrected chi connectivity index (χ0v) is 15.2. The van der Waals surface area contributed by atoms with Gasteiger partial charge in [-0.2, -0.15) is 0 Å². The van der Waals surface area contributed by atoms with E-state index in [1.165, 1.54) is 12.1 Å². The lowest BCUT2D eigenvalue weighted by Gasteiger charge is -2.31. The second-order valence-electron chi connectivity index (χ2n) is 6.91. The average molecular weight is 355 g/mol. The van der Waals surface area contributed by atoms with Crippen molar-refractivity contribution in [3.8, 4) is 0 Å². The molecule has 0 bridgehead atoms. The topological polar surface area (TPSA) is 45.2 Å². The van der Waals surface area contributed by atoms with Gasteiger partial charge in [-0.15, -0.1) is 0 Å². The van der Waals surface area contributed by atoms with Crippen LogP contribution in [0.1, 0.15) is 43.4 Å². The summed E-state index contributed by atoms with van der Waals surface area (Å²) in [5.41, 5.74) is 1.81. The number of pyridine rings is 1. The number of hydrogen-bond donors (Lipinski definition) is 1. The van der Waals surface area contributed by atoms with Crippen molar-refractivity contribution >= 4 is 5.91 Å². The second kappa shape index (κ2) is 8.90. The molecule has 1 aliphatic rings. The Morgan fingerprint density at radius 3 is 2.38 bits per heavy atom. The number of benzene rings is 1. The van der Waals surface area contributed by atoms with E-state index in [0.29, 0.717) is 12.3 Å². The molecule has 1 unspecified atom stereocenters. The third kappa shape index (κ3) is 4.88. The number of hydrogen-bond acceptors (Lipinski definition) is 3. The number of piperidine rings is 1. The number of halogens is 1. The molecule has 3 rings (SSSR count). The third-order valence-electron chi connectivity index (χ3n) is 5.18. The summed E-state index contributed by atoms with van der Waals surface area (Å²) in [4.78, 5) is 19.1. The maximum atomic E-state index is 13.3. The largest absolute Gasteiger partial charge is 0.345 e. The summed E-state index contributed by atoms with van der Waals surface area (Å²) in [7, 11) is 0. The molecule has 1 amide bonds. The lowest BCUT2D eigenvalue weighted by molar-refractivity contribution is -0.122. The van der Waals surface area contributed by atoms with E-state index in [1.54, 1.807) is 24.5 Å². The Bertz CT molecular complexity index is 697. The molecule has 5 heteroatoms. The van der Waals surface area contributed by atoms with Crippen molar-refractivity contribution < 1.29 is 9.18 Å². The minimum atomic E-state index is -0.290. The molecule has 2 aromatic rings. The van der Waals surface area contributed by atoms with Gasteiger partial charge in [-0.3, -0.25) is 9.78 Å². The number of aromatic nitrogens is 1. The SMILES string of the molecule is CCN1CCC(CC(=O)NC(c2ccncc2)c2ccc(F)cc2)CC1. The van der Waals surface area contributed by atoms with Gasteiger partial charge in [0.25, 0.3) is 0 Å². The highest BCUT2D eigenvalue weighted by atomic mass is 19.1. The molecule has 26 heavy (non-hydrogen) atoms. The van der Waals surface area contributed by atoms with Crippen LogP contribution in [0.15, 0.2) is 48.8 Å². The van der Waals surface area contributed by atoms with Crippen LogP contribution in [0, 0.1) is 11.7 Å². The van der Waals surface area contributed by atoms with E-state index in [2.05, 4.69) is 22.1 Å². The molecule has 0 spiro atoms. The van der Waals surface area contributed by atoms with Gasteiger partial charge in [0.15, 0.2) is 0 Å². The predicted octanol–water partition coefficient (Wildman–Crippen LogP) is 3.55. The van der Waals surface area contributed by atoms with Crippen LogP contribution in [0.2, 0.25) is 0 Å². The van der Waals surface area contributed by atoms with E-state index < -0.39 is 0 Å². The first-order valence-corrected chi connectivity index (χ1v) is 9.33. The van der Waals surface area contributed by atoms with Gasteiger partial charge in [-0.1, -0.05) is 19.1 Å². The zero-order chi connectivity index (χ0) is 18.4. The Kier molecular flexibility index (Phi) is 6.34. The fourth-order valence-corrected chi connectivity index (χ4v) is 3.56. The molecule has 0 radical (unpaired) electrons. The van der Waals surface area contributed by atoms with E-state index in [9.17, 15) is 9.18 Å². The molecule has 1 fully saturated rings. The summed E-state index contributed by atoms with van der Waals surface area (Å²) in [5, 5.41) is 3.14. The molecule has 2 heterocycles. The van der Waals surface area contributed by atoms with E-state index in [4.69, 9.17) is 0 Å². The number of carbonyl (C=O) groups excluding carboxylic acids is 1. The zero-order valence-electron chi connectivity index (χ0n) is 15.2. The Labute approximate surface area is 154 Å². The Hall–Kier alpha value is -2.27. The lowest BCUT2D eigenvalue weighted by Crippen LogP contribution is -2.36. The standard InChI is InChI=1S/C21H26FN3O/c1-2-25-13-9-16(10-14-25)15-20(26)24-21(18-7-11-23-12-8-18)17-3-5-19(22)6-4-17/h3-8,11-12,16,21H,2,9-10,13-15H2,1H3,(H,24,26). The monoisotopic (exact) mass is 355 g/mol. The minimum absolute atomic E-state index is 0.0473. The Morgan fingerprint density at radius 2 is 1.77 bits per heavy atom. The van der Waals surface area contributed by atoms with Gasteiger partial charge < -0.3 is 10.2 Å². The molecule has 1 aromatic heterocycles. The first-order valence-electron chi connectivity index (χ1n) is 9.33. The van der Waals surface area contributed by atoms with Crippen molar-refractivity contribution in [1.82, 2.24) is 15.2 Å². The molecular weight excluding hydrogens is 329 g/mol. The molecule has 1 aromatic carbocycles. The van der Waals surface area contributed by atoms with Crippen molar-refractivity contribution in [2.45, 2.75) is 32.2 Å². The highest BCUT2D eigenvalue weighted by Crippen LogP contribution is 2.24. The highest BCUT2D eigenvalue weighted by Gasteiger charge is 2.23. The molecular formula is C21H26FN3O. The summed E-state index contributed by atoms with van der Waals surface area (Å²) in [6, 6.07) is 9.77. The van der Waals surface area contributed by atoms with Crippen LogP contribution in [0.4, 0.5) is 4.39 Å². The van der Waals surface area contributed by atoms with Gasteiger partial charge in [0.1, 0.15) is 5.82 Å². The molecule has 1 saturated heterocycles. The van der Waals surface area contributed by atoms with Gasteiger partial charge >= 0.3 is 0 Å². The van der Waals surface area contributed by atoms with Crippen LogP contribution < -0.4 is 5.32 Å². The van der Waals surface area contributed by atoms with Crippen LogP contribution in [0.25, 0.3) is 0 Å². The number of rotatable bonds is 6. The summed E-state index contributed by atoms with van der Waals surface area (Å²) in [6.07, 6.45) is 6.09. The second-order valence-corrected chi connectivity index (χ2v) is 6.91. The van der Waals surface area contributed by atoms with E-state index in [1.807, 2.05) is 12.1 Å². The average Bonchev–Trinajstić information content (AvgIpc) is 2.68. The quantitative estimate of drug-likeness (QED) is 0.862. The van der Waals surface area contributed by atoms with Crippen LogP contribution in [0.3, 0.4) is 0 Å². The summed E-state index contributed by atoms with van der Waals surface area (Å²) >= 11 is 0. The lowest BCUT2D eigenvalue weighted by atomic mass is 9.92. The molecule has 0 saturated carbocycles. The van der Waals surface area contributed by atoms with E-state index >= 15 is 0 Å². The van der Waals surface area contributed by atoms with Crippen molar-refractivity contribution in [2.75, 3.05) is 19.6 Å². The summed E-state index contributed by atoms with van der Waals surface area (Å²) < 4.78 is 13.3. The first kappa shape index (κ1) is 18.5. The molecule has 138 valence electrons. The fourth-order valence-electron chi connectivity index (χ4n) is 3.56. The summed E-state index contributed by atoms with van der Waals surface area (Å²) in [6.45, 7) is 5.39. The van der Waals surface area contributed by atoms with E-state index in [-0.39, 0.29) is 17.8 Å². The highest BCUT2D eigenvalue weighted by molar-refractivity contribution is 5.77. The van der Waals surface area contributed by atoms with Crippen molar-refractivity contribution in [3.63, 3.8) is 0 Å². The Morgan fingerprint density at radius 1 is 1.15 bits per heavy atom.